The number of para-hydroxylation sites is 2. The highest BCUT2D eigenvalue weighted by Gasteiger charge is 2.05. The van der Waals surface area contributed by atoms with E-state index in [0.717, 1.165) is 16.6 Å². The van der Waals surface area contributed by atoms with Gasteiger partial charge in [0.05, 0.1) is 11.0 Å². The first-order valence-electron chi connectivity index (χ1n) is 6.54. The largest absolute Gasteiger partial charge is 0.308 e. The molecule has 1 aromatic heterocycles. The second kappa shape index (κ2) is 5.32. The highest BCUT2D eigenvalue weighted by molar-refractivity contribution is 5.77. The Morgan fingerprint density at radius 1 is 1.05 bits per heavy atom. The van der Waals surface area contributed by atoms with Crippen LogP contribution in [0.2, 0.25) is 0 Å². The van der Waals surface area contributed by atoms with Crippen LogP contribution in [0.25, 0.3) is 23.2 Å². The predicted molar refractivity (Wildman–Crippen MR) is 82.3 cm³/mol. The van der Waals surface area contributed by atoms with Gasteiger partial charge in [-0.2, -0.15) is 0 Å². The fraction of sp³-hybridized carbons (Fsp3) is 0.0588. The van der Waals surface area contributed by atoms with Gasteiger partial charge in [0, 0.05) is 7.05 Å². The molecule has 0 aliphatic heterocycles. The molecule has 0 radical (unpaired) electrons. The van der Waals surface area contributed by atoms with Crippen molar-refractivity contribution in [2.75, 3.05) is 0 Å². The van der Waals surface area contributed by atoms with Crippen LogP contribution >= 0.6 is 0 Å². The maximum Gasteiger partial charge on any atom is 0.276 e. The minimum atomic E-state index is -0.285. The molecule has 0 N–H and O–H groups in total. The van der Waals surface area contributed by atoms with Crippen LogP contribution in [0.1, 0.15) is 11.3 Å². The second-order valence-corrected chi connectivity index (χ2v) is 4.73. The van der Waals surface area contributed by atoms with Crippen molar-refractivity contribution in [2.24, 2.45) is 7.05 Å². The lowest BCUT2D eigenvalue weighted by Crippen LogP contribution is -2.21. The molecule has 0 amide bonds. The zero-order valence-corrected chi connectivity index (χ0v) is 11.5. The number of benzene rings is 2. The van der Waals surface area contributed by atoms with E-state index in [1.165, 1.54) is 12.1 Å². The SMILES string of the molecule is Cn1c(=O)c(C=Cc2ccc(F)cc2)nc2ccccc21. The first-order chi connectivity index (χ1) is 10.1. The van der Waals surface area contributed by atoms with Gasteiger partial charge < -0.3 is 4.57 Å². The minimum absolute atomic E-state index is 0.160. The van der Waals surface area contributed by atoms with Crippen LogP contribution in [0.4, 0.5) is 4.39 Å². The van der Waals surface area contributed by atoms with Gasteiger partial charge in [0.2, 0.25) is 0 Å². The Morgan fingerprint density at radius 3 is 2.52 bits per heavy atom. The summed E-state index contributed by atoms with van der Waals surface area (Å²) in [6.07, 6.45) is 3.40. The van der Waals surface area contributed by atoms with Gasteiger partial charge in [-0.1, -0.05) is 30.3 Å². The molecule has 0 unspecified atom stereocenters. The lowest BCUT2D eigenvalue weighted by molar-refractivity contribution is 0.628. The second-order valence-electron chi connectivity index (χ2n) is 4.73. The molecule has 0 spiro atoms. The van der Waals surface area contributed by atoms with Crippen molar-refractivity contribution in [1.29, 1.82) is 0 Å². The van der Waals surface area contributed by atoms with Gasteiger partial charge in [0.25, 0.3) is 5.56 Å². The molecule has 0 saturated carbocycles. The summed E-state index contributed by atoms with van der Waals surface area (Å²) in [4.78, 5) is 16.6. The number of aryl methyl sites for hydroxylation is 1. The van der Waals surface area contributed by atoms with E-state index in [1.807, 2.05) is 24.3 Å². The molecule has 21 heavy (non-hydrogen) atoms. The normalized spacial score (nSPS) is 11.3. The molecule has 1 heterocycles. The lowest BCUT2D eigenvalue weighted by Gasteiger charge is -2.05. The Hall–Kier alpha value is -2.75. The van der Waals surface area contributed by atoms with Crippen LogP contribution in [0, 0.1) is 5.82 Å². The minimum Gasteiger partial charge on any atom is -0.308 e. The van der Waals surface area contributed by atoms with E-state index in [0.29, 0.717) is 5.69 Å². The van der Waals surface area contributed by atoms with Crippen LogP contribution in [0.5, 0.6) is 0 Å². The third kappa shape index (κ3) is 2.60. The summed E-state index contributed by atoms with van der Waals surface area (Å²) in [6.45, 7) is 0. The molecular weight excluding hydrogens is 267 g/mol. The number of hydrogen-bond acceptors (Lipinski definition) is 2. The summed E-state index contributed by atoms with van der Waals surface area (Å²) in [5.41, 5.74) is 2.57. The number of hydrogen-bond donors (Lipinski definition) is 0. The Kier molecular flexibility index (Phi) is 3.36. The van der Waals surface area contributed by atoms with Crippen molar-refractivity contribution < 1.29 is 4.39 Å². The molecule has 0 aliphatic carbocycles. The zero-order chi connectivity index (χ0) is 14.8. The van der Waals surface area contributed by atoms with Gasteiger partial charge in [0.1, 0.15) is 11.5 Å². The van der Waals surface area contributed by atoms with E-state index in [9.17, 15) is 9.18 Å². The third-order valence-electron chi connectivity index (χ3n) is 3.31. The summed E-state index contributed by atoms with van der Waals surface area (Å²) >= 11 is 0. The summed E-state index contributed by atoms with van der Waals surface area (Å²) in [5.74, 6) is -0.285. The molecule has 0 aliphatic rings. The first-order valence-corrected chi connectivity index (χ1v) is 6.54. The summed E-state index contributed by atoms with van der Waals surface area (Å²) in [5, 5.41) is 0. The number of halogens is 1. The molecule has 4 heteroatoms. The predicted octanol–water partition coefficient (Wildman–Crippen LogP) is 3.24. The third-order valence-corrected chi connectivity index (χ3v) is 3.31. The first kappa shape index (κ1) is 13.2. The van der Waals surface area contributed by atoms with Crippen LogP contribution in [-0.2, 0) is 7.05 Å². The monoisotopic (exact) mass is 280 g/mol. The number of aromatic nitrogens is 2. The van der Waals surface area contributed by atoms with Crippen molar-refractivity contribution in [3.63, 3.8) is 0 Å². The van der Waals surface area contributed by atoms with Crippen LogP contribution < -0.4 is 5.56 Å². The molecular formula is C17H13FN2O. The summed E-state index contributed by atoms with van der Waals surface area (Å²) in [6, 6.07) is 13.5. The van der Waals surface area contributed by atoms with Gasteiger partial charge in [-0.05, 0) is 35.9 Å². The fourth-order valence-electron chi connectivity index (χ4n) is 2.16. The molecule has 2 aromatic carbocycles. The van der Waals surface area contributed by atoms with E-state index in [1.54, 1.807) is 35.9 Å². The topological polar surface area (TPSA) is 34.9 Å². The standard InChI is InChI=1S/C17H13FN2O/c1-20-16-5-3-2-4-14(16)19-15(17(20)21)11-8-12-6-9-13(18)10-7-12/h2-11H,1H3. The molecule has 0 saturated heterocycles. The van der Waals surface area contributed by atoms with Gasteiger partial charge in [-0.3, -0.25) is 4.79 Å². The van der Waals surface area contributed by atoms with E-state index in [2.05, 4.69) is 4.98 Å². The van der Waals surface area contributed by atoms with Crippen molar-refractivity contribution in [2.45, 2.75) is 0 Å². The Morgan fingerprint density at radius 2 is 1.76 bits per heavy atom. The maximum absolute atomic E-state index is 12.9. The lowest BCUT2D eigenvalue weighted by atomic mass is 10.2. The van der Waals surface area contributed by atoms with Crippen molar-refractivity contribution in [3.8, 4) is 0 Å². The van der Waals surface area contributed by atoms with Gasteiger partial charge in [0.15, 0.2) is 0 Å². The maximum atomic E-state index is 12.9. The number of nitrogens with zero attached hydrogens (tertiary/aromatic N) is 2. The average Bonchev–Trinajstić information content (AvgIpc) is 2.51. The zero-order valence-electron chi connectivity index (χ0n) is 11.5. The van der Waals surface area contributed by atoms with Gasteiger partial charge in [-0.15, -0.1) is 0 Å². The van der Waals surface area contributed by atoms with E-state index < -0.39 is 0 Å². The highest BCUT2D eigenvalue weighted by atomic mass is 19.1. The molecule has 3 nitrogen and oxygen atoms in total. The Labute approximate surface area is 121 Å². The fourth-order valence-corrected chi connectivity index (χ4v) is 2.16. The van der Waals surface area contributed by atoms with E-state index in [4.69, 9.17) is 0 Å². The quantitative estimate of drug-likeness (QED) is 0.722. The van der Waals surface area contributed by atoms with Crippen molar-refractivity contribution in [1.82, 2.24) is 9.55 Å². The van der Waals surface area contributed by atoms with E-state index in [-0.39, 0.29) is 11.4 Å². The molecule has 104 valence electrons. The number of rotatable bonds is 2. The van der Waals surface area contributed by atoms with Gasteiger partial charge >= 0.3 is 0 Å². The average molecular weight is 280 g/mol. The molecule has 0 atom stereocenters. The number of fused-ring (bicyclic) bond motifs is 1. The molecule has 3 aromatic rings. The Bertz CT molecular complexity index is 879. The molecule has 0 bridgehead atoms. The summed E-state index contributed by atoms with van der Waals surface area (Å²) < 4.78 is 14.4. The molecule has 0 fully saturated rings. The van der Waals surface area contributed by atoms with Crippen LogP contribution in [0.15, 0.2) is 53.3 Å². The van der Waals surface area contributed by atoms with Crippen LogP contribution in [0.3, 0.4) is 0 Å². The van der Waals surface area contributed by atoms with Crippen molar-refractivity contribution in [3.05, 3.63) is 76.0 Å². The summed E-state index contributed by atoms with van der Waals surface area (Å²) in [7, 11) is 1.72. The van der Waals surface area contributed by atoms with E-state index >= 15 is 0 Å². The molecule has 3 rings (SSSR count). The van der Waals surface area contributed by atoms with Crippen molar-refractivity contribution >= 4 is 23.2 Å². The highest BCUT2D eigenvalue weighted by Crippen LogP contribution is 2.11. The Balaban J connectivity index is 2.06. The smallest absolute Gasteiger partial charge is 0.276 e. The van der Waals surface area contributed by atoms with Crippen LogP contribution in [-0.4, -0.2) is 9.55 Å². The van der Waals surface area contributed by atoms with Gasteiger partial charge in [-0.25, -0.2) is 9.37 Å².